The number of rotatable bonds is 6. The number of nitriles is 1. The lowest BCUT2D eigenvalue weighted by Crippen LogP contribution is -2.39. The van der Waals surface area contributed by atoms with E-state index in [1.54, 1.807) is 12.4 Å². The van der Waals surface area contributed by atoms with E-state index in [0.29, 0.717) is 12.8 Å². The zero-order valence-corrected chi connectivity index (χ0v) is 23.5. The van der Waals surface area contributed by atoms with Crippen LogP contribution in [0.25, 0.3) is 11.0 Å². The van der Waals surface area contributed by atoms with Gasteiger partial charge in [-0.15, -0.1) is 0 Å². The molecule has 4 atom stereocenters. The SMILES string of the molecule is C1CNCCN1.CC#N.NS(=O)(=O)OC[C@@H]1C[C@@H](n2ccc3c(N[C@H]4CCc5ccccc54)ncnc32)C[C@@H]1O. The lowest BCUT2D eigenvalue weighted by molar-refractivity contribution is 0.100. The third kappa shape index (κ3) is 7.75. The van der Waals surface area contributed by atoms with Crippen molar-refractivity contribution in [1.29, 1.82) is 5.26 Å². The van der Waals surface area contributed by atoms with Crippen molar-refractivity contribution in [3.63, 3.8) is 0 Å². The molecule has 1 aliphatic heterocycles. The highest BCUT2D eigenvalue weighted by Crippen LogP contribution is 2.39. The Kier molecular flexibility index (Phi) is 10.4. The fourth-order valence-electron chi connectivity index (χ4n) is 5.52. The molecule has 12 nitrogen and oxygen atoms in total. The fourth-order valence-corrected chi connectivity index (χ4v) is 5.88. The maximum absolute atomic E-state index is 11.1. The zero-order valence-electron chi connectivity index (χ0n) is 22.7. The minimum Gasteiger partial charge on any atom is -0.393 e. The maximum Gasteiger partial charge on any atom is 0.333 e. The number of nitrogens with two attached hydrogens (primary N) is 1. The molecule has 6 rings (SSSR count). The van der Waals surface area contributed by atoms with Crippen LogP contribution in [0, 0.1) is 17.2 Å². The molecule has 13 heteroatoms. The van der Waals surface area contributed by atoms with Crippen LogP contribution < -0.4 is 21.1 Å². The highest BCUT2D eigenvalue weighted by Gasteiger charge is 2.35. The van der Waals surface area contributed by atoms with Crippen LogP contribution in [0.4, 0.5) is 5.82 Å². The molecule has 6 N–H and O–H groups in total. The van der Waals surface area contributed by atoms with Gasteiger partial charge >= 0.3 is 10.3 Å². The van der Waals surface area contributed by atoms with Crippen molar-refractivity contribution in [2.24, 2.45) is 11.1 Å². The largest absolute Gasteiger partial charge is 0.393 e. The molecule has 2 aromatic heterocycles. The fraction of sp³-hybridized carbons (Fsp3) is 0.519. The molecule has 40 heavy (non-hydrogen) atoms. The van der Waals surface area contributed by atoms with Gasteiger partial charge in [0.1, 0.15) is 17.8 Å². The standard InChI is InChI=1S/C21H25N5O4S.C4H10N2.C2H3N/c22-31(28,29)30-11-14-9-15(10-19(14)27)26-8-7-17-20(23-12-24-21(17)26)25-18-6-5-13-3-1-2-4-16(13)18;1-2-6-4-3-5-1;1-2-3/h1-4,7-8,12,14-15,18-19,27H,5-6,9-11H2,(H2,22,28,29)(H,23,24,25);5-6H,1-4H2;1H3/t14-,15+,18-,19-;;/m0../s1. The maximum atomic E-state index is 11.1. The molecule has 0 bridgehead atoms. The van der Waals surface area contributed by atoms with E-state index >= 15 is 0 Å². The third-order valence-electron chi connectivity index (χ3n) is 7.38. The average Bonchev–Trinajstić information content (AvgIpc) is 3.66. The number of fused-ring (bicyclic) bond motifs is 2. The number of hydrogen-bond acceptors (Lipinski definition) is 10. The first-order chi connectivity index (χ1) is 19.3. The van der Waals surface area contributed by atoms with Crippen molar-refractivity contribution in [3.05, 3.63) is 54.0 Å². The monoisotopic (exact) mass is 570 g/mol. The van der Waals surface area contributed by atoms with Crippen LogP contribution in [0.2, 0.25) is 0 Å². The van der Waals surface area contributed by atoms with E-state index in [2.05, 4.69) is 50.2 Å². The zero-order chi connectivity index (χ0) is 28.5. The van der Waals surface area contributed by atoms with Gasteiger partial charge in [-0.1, -0.05) is 24.3 Å². The normalized spacial score (nSPS) is 23.8. The third-order valence-corrected chi connectivity index (χ3v) is 7.85. The van der Waals surface area contributed by atoms with E-state index in [1.165, 1.54) is 18.1 Å². The van der Waals surface area contributed by atoms with Crippen molar-refractivity contribution in [1.82, 2.24) is 25.2 Å². The number of piperazine rings is 1. The van der Waals surface area contributed by atoms with E-state index in [0.717, 1.165) is 55.9 Å². The van der Waals surface area contributed by atoms with Gasteiger partial charge in [0.2, 0.25) is 0 Å². The topological polar surface area (TPSA) is 180 Å². The van der Waals surface area contributed by atoms with Crippen LogP contribution in [-0.4, -0.2) is 66.9 Å². The quantitative estimate of drug-likeness (QED) is 0.293. The second-order valence-electron chi connectivity index (χ2n) is 10.1. The highest BCUT2D eigenvalue weighted by atomic mass is 32.2. The smallest absolute Gasteiger partial charge is 0.333 e. The van der Waals surface area contributed by atoms with Gasteiger partial charge in [-0.25, -0.2) is 15.1 Å². The van der Waals surface area contributed by atoms with E-state index < -0.39 is 16.4 Å². The van der Waals surface area contributed by atoms with Gasteiger partial charge in [-0.3, -0.25) is 4.18 Å². The molecule has 1 saturated carbocycles. The first-order valence-electron chi connectivity index (χ1n) is 13.5. The number of aromatic nitrogens is 3. The van der Waals surface area contributed by atoms with Crippen molar-refractivity contribution in [2.75, 3.05) is 38.1 Å². The Balaban J connectivity index is 0.000000354. The van der Waals surface area contributed by atoms with Crippen LogP contribution in [0.5, 0.6) is 0 Å². The van der Waals surface area contributed by atoms with E-state index in [1.807, 2.05) is 16.8 Å². The number of aliphatic hydroxyl groups excluding tert-OH is 1. The number of nitrogens with one attached hydrogen (secondary N) is 3. The van der Waals surface area contributed by atoms with Gasteiger partial charge in [0.05, 0.1) is 30.2 Å². The van der Waals surface area contributed by atoms with Gasteiger partial charge < -0.3 is 25.6 Å². The van der Waals surface area contributed by atoms with Crippen LogP contribution >= 0.6 is 0 Å². The lowest BCUT2D eigenvalue weighted by atomic mass is 10.1. The number of anilines is 1. The number of aliphatic hydroxyl groups is 1. The molecule has 0 amide bonds. The molecule has 2 aliphatic carbocycles. The first-order valence-corrected chi connectivity index (χ1v) is 15.0. The van der Waals surface area contributed by atoms with Crippen molar-refractivity contribution in [3.8, 4) is 6.07 Å². The lowest BCUT2D eigenvalue weighted by Gasteiger charge is -2.16. The predicted octanol–water partition coefficient (Wildman–Crippen LogP) is 1.77. The Morgan fingerprint density at radius 1 is 1.18 bits per heavy atom. The van der Waals surface area contributed by atoms with Gasteiger partial charge in [0.25, 0.3) is 0 Å². The summed E-state index contributed by atoms with van der Waals surface area (Å²) in [5, 5.41) is 33.6. The molecule has 0 radical (unpaired) electrons. The summed E-state index contributed by atoms with van der Waals surface area (Å²) in [4.78, 5) is 8.97. The number of nitrogens with zero attached hydrogens (tertiary/aromatic N) is 4. The van der Waals surface area contributed by atoms with Crippen LogP contribution in [0.1, 0.15) is 49.4 Å². The van der Waals surface area contributed by atoms with Crippen LogP contribution in [0.3, 0.4) is 0 Å². The summed E-state index contributed by atoms with van der Waals surface area (Å²) in [6, 6.07) is 12.4. The van der Waals surface area contributed by atoms with E-state index in [-0.39, 0.29) is 24.6 Å². The van der Waals surface area contributed by atoms with Gasteiger partial charge in [-0.05, 0) is 42.9 Å². The Morgan fingerprint density at radius 2 is 1.88 bits per heavy atom. The Hall–Kier alpha value is -3.12. The van der Waals surface area contributed by atoms with Crippen LogP contribution in [-0.2, 0) is 20.9 Å². The molecule has 3 aliphatic rings. The summed E-state index contributed by atoms with van der Waals surface area (Å²) in [7, 11) is -4.03. The highest BCUT2D eigenvalue weighted by molar-refractivity contribution is 7.84. The Bertz CT molecular complexity index is 1390. The summed E-state index contributed by atoms with van der Waals surface area (Å²) in [5.74, 6) is 0.480. The number of hydrogen-bond donors (Lipinski definition) is 5. The molecular weight excluding hydrogens is 532 g/mol. The van der Waals surface area contributed by atoms with Crippen molar-refractivity contribution < 1.29 is 17.7 Å². The van der Waals surface area contributed by atoms with E-state index in [4.69, 9.17) is 14.6 Å². The van der Waals surface area contributed by atoms with Crippen molar-refractivity contribution in [2.45, 2.75) is 50.8 Å². The molecule has 3 aromatic rings. The Labute approximate surface area is 235 Å². The Morgan fingerprint density at radius 3 is 2.55 bits per heavy atom. The minimum atomic E-state index is -4.03. The first kappa shape index (κ1) is 29.9. The molecule has 1 saturated heterocycles. The summed E-state index contributed by atoms with van der Waals surface area (Å²) in [6.45, 7) is 5.86. The molecule has 216 valence electrons. The van der Waals surface area contributed by atoms with Crippen LogP contribution in [0.15, 0.2) is 42.9 Å². The summed E-state index contributed by atoms with van der Waals surface area (Å²) in [6.07, 6.45) is 5.96. The molecule has 3 heterocycles. The summed E-state index contributed by atoms with van der Waals surface area (Å²) < 4.78 is 28.9. The minimum absolute atomic E-state index is 0.0171. The second kappa shape index (κ2) is 14.0. The number of aryl methyl sites for hydroxylation is 1. The molecule has 2 fully saturated rings. The molecule has 0 spiro atoms. The molecule has 0 unspecified atom stereocenters. The number of benzene rings is 1. The van der Waals surface area contributed by atoms with Gasteiger partial charge in [0, 0.05) is 51.3 Å². The van der Waals surface area contributed by atoms with E-state index in [9.17, 15) is 13.5 Å². The average molecular weight is 571 g/mol. The predicted molar refractivity (Wildman–Crippen MR) is 153 cm³/mol. The summed E-state index contributed by atoms with van der Waals surface area (Å²) >= 11 is 0. The molecular formula is C27H38N8O4S. The van der Waals surface area contributed by atoms with Gasteiger partial charge in [-0.2, -0.15) is 13.7 Å². The molecule has 1 aromatic carbocycles. The van der Waals surface area contributed by atoms with Gasteiger partial charge in [0.15, 0.2) is 0 Å². The van der Waals surface area contributed by atoms with Crippen molar-refractivity contribution >= 4 is 27.2 Å². The second-order valence-corrected chi connectivity index (χ2v) is 11.3. The summed E-state index contributed by atoms with van der Waals surface area (Å²) in [5.41, 5.74) is 3.47.